The third-order valence-electron chi connectivity index (χ3n) is 6.80. The number of nitrogens with zero attached hydrogens (tertiary/aromatic N) is 2. The number of halogens is 1. The van der Waals surface area contributed by atoms with Crippen LogP contribution < -0.4 is 9.62 Å². The number of carboxylic acids is 1. The number of piperazine rings is 1. The molecule has 2 aliphatic rings. The average molecular weight is 532 g/mol. The molecule has 2 heterocycles. The molecule has 1 saturated heterocycles. The standard InChI is InChI=1S/C25H26ClN3O4S2/c1-28-12-14-29(15-13-28)20-8-4-17(5-9-20)21-16-25(21,24(30)31)27-35(32,33)23-11-10-22(34-23)18-2-6-19(26)7-3-18/h2-11,21,27H,12-16H2,1H3,(H,30,31). The van der Waals surface area contributed by atoms with Gasteiger partial charge in [0.15, 0.2) is 0 Å². The van der Waals surface area contributed by atoms with E-state index in [4.69, 9.17) is 11.6 Å². The van der Waals surface area contributed by atoms with Crippen LogP contribution in [0.15, 0.2) is 64.9 Å². The highest BCUT2D eigenvalue weighted by Crippen LogP contribution is 2.53. The Morgan fingerprint density at radius 2 is 1.69 bits per heavy atom. The summed E-state index contributed by atoms with van der Waals surface area (Å²) in [6.45, 7) is 3.88. The van der Waals surface area contributed by atoms with Crippen LogP contribution in [0.2, 0.25) is 5.02 Å². The molecule has 2 aromatic carbocycles. The number of hydrogen-bond donors (Lipinski definition) is 2. The van der Waals surface area contributed by atoms with E-state index in [2.05, 4.69) is 21.6 Å². The van der Waals surface area contributed by atoms with E-state index in [1.807, 2.05) is 36.4 Å². The van der Waals surface area contributed by atoms with Gasteiger partial charge in [-0.15, -0.1) is 11.3 Å². The third-order valence-corrected chi connectivity index (χ3v) is 10.2. The Labute approximate surface area is 214 Å². The number of likely N-dealkylation sites (N-methyl/N-ethyl adjacent to an activating group) is 1. The summed E-state index contributed by atoms with van der Waals surface area (Å²) in [5.41, 5.74) is 1.22. The van der Waals surface area contributed by atoms with Crippen LogP contribution >= 0.6 is 22.9 Å². The van der Waals surface area contributed by atoms with E-state index >= 15 is 0 Å². The summed E-state index contributed by atoms with van der Waals surface area (Å²) in [6, 6.07) is 18.2. The van der Waals surface area contributed by atoms with Crippen LogP contribution in [0.5, 0.6) is 0 Å². The van der Waals surface area contributed by atoms with Gasteiger partial charge < -0.3 is 14.9 Å². The summed E-state index contributed by atoms with van der Waals surface area (Å²) in [5, 5.41) is 10.6. The molecule has 0 radical (unpaired) electrons. The van der Waals surface area contributed by atoms with Crippen molar-refractivity contribution in [2.24, 2.45) is 0 Å². The summed E-state index contributed by atoms with van der Waals surface area (Å²) in [7, 11) is -1.91. The zero-order chi connectivity index (χ0) is 24.8. The molecule has 0 bridgehead atoms. The highest BCUT2D eigenvalue weighted by Gasteiger charge is 2.63. The Kier molecular flexibility index (Phi) is 6.39. The molecule has 2 fully saturated rings. The van der Waals surface area contributed by atoms with Crippen molar-refractivity contribution >= 4 is 44.6 Å². The summed E-state index contributed by atoms with van der Waals surface area (Å²) in [4.78, 5) is 17.6. The molecule has 10 heteroatoms. The molecule has 35 heavy (non-hydrogen) atoms. The summed E-state index contributed by atoms with van der Waals surface area (Å²) in [6.07, 6.45) is 0.213. The predicted molar refractivity (Wildman–Crippen MR) is 139 cm³/mol. The lowest BCUT2D eigenvalue weighted by Crippen LogP contribution is -2.44. The van der Waals surface area contributed by atoms with Crippen molar-refractivity contribution in [3.63, 3.8) is 0 Å². The molecule has 2 N–H and O–H groups in total. The van der Waals surface area contributed by atoms with Crippen LogP contribution in [0.4, 0.5) is 5.69 Å². The fourth-order valence-corrected chi connectivity index (χ4v) is 7.41. The molecule has 1 aliphatic heterocycles. The molecule has 1 saturated carbocycles. The Bertz CT molecular complexity index is 1330. The normalized spacial score (nSPS) is 22.8. The Morgan fingerprint density at radius 3 is 2.31 bits per heavy atom. The molecule has 7 nitrogen and oxygen atoms in total. The van der Waals surface area contributed by atoms with Crippen molar-refractivity contribution in [1.82, 2.24) is 9.62 Å². The fraction of sp³-hybridized carbons (Fsp3) is 0.320. The first-order chi connectivity index (χ1) is 16.7. The molecule has 3 aromatic rings. The quantitative estimate of drug-likeness (QED) is 0.477. The maximum Gasteiger partial charge on any atom is 0.325 e. The Hall–Kier alpha value is -2.43. The smallest absolute Gasteiger partial charge is 0.325 e. The van der Waals surface area contributed by atoms with Crippen LogP contribution in [-0.2, 0) is 14.8 Å². The van der Waals surface area contributed by atoms with E-state index in [1.165, 1.54) is 6.07 Å². The second kappa shape index (κ2) is 9.22. The van der Waals surface area contributed by atoms with Crippen LogP contribution in [0.25, 0.3) is 10.4 Å². The Balaban J connectivity index is 1.32. The van der Waals surface area contributed by atoms with Gasteiger partial charge in [0.2, 0.25) is 0 Å². The SMILES string of the molecule is CN1CCN(c2ccc(C3CC3(NS(=O)(=O)c3ccc(-c4ccc(Cl)cc4)s3)C(=O)O)cc2)CC1. The van der Waals surface area contributed by atoms with Crippen LogP contribution in [-0.4, -0.2) is 63.2 Å². The fourth-order valence-electron chi connectivity index (χ4n) is 4.56. The molecule has 0 spiro atoms. The minimum atomic E-state index is -4.02. The van der Waals surface area contributed by atoms with Gasteiger partial charge in [0, 0.05) is 47.7 Å². The molecule has 2 unspecified atom stereocenters. The molecule has 2 atom stereocenters. The van der Waals surface area contributed by atoms with Crippen LogP contribution in [0, 0.1) is 0 Å². The zero-order valence-corrected chi connectivity index (χ0v) is 21.5. The second-order valence-corrected chi connectivity index (χ2v) is 12.6. The first-order valence-corrected chi connectivity index (χ1v) is 14.0. The number of aliphatic carboxylic acids is 1. The lowest BCUT2D eigenvalue weighted by atomic mass is 10.1. The number of thiophene rings is 1. The van der Waals surface area contributed by atoms with Gasteiger partial charge in [-0.3, -0.25) is 4.79 Å². The maximum atomic E-state index is 13.2. The number of carbonyl (C=O) groups is 1. The van der Waals surface area contributed by atoms with Gasteiger partial charge in [-0.2, -0.15) is 4.72 Å². The van der Waals surface area contributed by atoms with E-state index in [1.54, 1.807) is 18.2 Å². The zero-order valence-electron chi connectivity index (χ0n) is 19.1. The average Bonchev–Trinajstić information content (AvgIpc) is 3.33. The number of hydrogen-bond acceptors (Lipinski definition) is 6. The van der Waals surface area contributed by atoms with Gasteiger partial charge in [0.05, 0.1) is 0 Å². The molecular formula is C25H26ClN3O4S2. The third kappa shape index (κ3) is 4.83. The number of nitrogens with one attached hydrogen (secondary N) is 1. The number of anilines is 1. The first-order valence-electron chi connectivity index (χ1n) is 11.3. The molecular weight excluding hydrogens is 506 g/mol. The largest absolute Gasteiger partial charge is 0.480 e. The number of carboxylic acid groups (broad SMARTS) is 1. The molecule has 184 valence electrons. The van der Waals surface area contributed by atoms with E-state index in [0.717, 1.165) is 59.2 Å². The van der Waals surface area contributed by atoms with E-state index in [9.17, 15) is 18.3 Å². The first kappa shape index (κ1) is 24.3. The highest BCUT2D eigenvalue weighted by molar-refractivity contribution is 7.91. The van der Waals surface area contributed by atoms with Crippen molar-refractivity contribution in [3.8, 4) is 10.4 Å². The lowest BCUT2D eigenvalue weighted by molar-refractivity contribution is -0.140. The van der Waals surface area contributed by atoms with Crippen molar-refractivity contribution in [3.05, 3.63) is 71.2 Å². The Morgan fingerprint density at radius 1 is 1.03 bits per heavy atom. The van der Waals surface area contributed by atoms with Crippen LogP contribution in [0.3, 0.4) is 0 Å². The number of sulfonamides is 1. The molecule has 1 aliphatic carbocycles. The maximum absolute atomic E-state index is 13.2. The van der Waals surface area contributed by atoms with E-state index in [0.29, 0.717) is 5.02 Å². The van der Waals surface area contributed by atoms with E-state index < -0.39 is 27.4 Å². The van der Waals surface area contributed by atoms with Crippen molar-refractivity contribution in [2.75, 3.05) is 38.1 Å². The van der Waals surface area contributed by atoms with Crippen molar-refractivity contribution < 1.29 is 18.3 Å². The second-order valence-electron chi connectivity index (χ2n) is 9.15. The van der Waals surface area contributed by atoms with Gasteiger partial charge in [-0.25, -0.2) is 8.42 Å². The minimum absolute atomic E-state index is 0.0825. The van der Waals surface area contributed by atoms with Gasteiger partial charge in [-0.1, -0.05) is 35.9 Å². The predicted octanol–water partition coefficient (Wildman–Crippen LogP) is 4.11. The van der Waals surface area contributed by atoms with Gasteiger partial charge >= 0.3 is 5.97 Å². The van der Waals surface area contributed by atoms with Crippen molar-refractivity contribution in [2.45, 2.75) is 22.1 Å². The monoisotopic (exact) mass is 531 g/mol. The summed E-state index contributed by atoms with van der Waals surface area (Å²) < 4.78 is 28.9. The summed E-state index contributed by atoms with van der Waals surface area (Å²) in [5.74, 6) is -1.59. The highest BCUT2D eigenvalue weighted by atomic mass is 35.5. The molecule has 5 rings (SSSR count). The van der Waals surface area contributed by atoms with Crippen LogP contribution in [0.1, 0.15) is 17.9 Å². The topological polar surface area (TPSA) is 90.0 Å². The van der Waals surface area contributed by atoms with Crippen molar-refractivity contribution in [1.29, 1.82) is 0 Å². The minimum Gasteiger partial charge on any atom is -0.480 e. The molecule has 0 amide bonds. The van der Waals surface area contributed by atoms with Gasteiger partial charge in [-0.05, 0) is 61.0 Å². The van der Waals surface area contributed by atoms with E-state index in [-0.39, 0.29) is 10.6 Å². The van der Waals surface area contributed by atoms with Gasteiger partial charge in [0.1, 0.15) is 9.75 Å². The number of rotatable bonds is 7. The lowest BCUT2D eigenvalue weighted by Gasteiger charge is -2.34. The molecule has 1 aromatic heterocycles. The number of benzene rings is 2. The summed E-state index contributed by atoms with van der Waals surface area (Å²) >= 11 is 7.04. The van der Waals surface area contributed by atoms with Gasteiger partial charge in [0.25, 0.3) is 10.0 Å².